The molecule has 0 bridgehead atoms. The van der Waals surface area contributed by atoms with Crippen LogP contribution in [0.2, 0.25) is 0 Å². The van der Waals surface area contributed by atoms with E-state index in [4.69, 9.17) is 9.47 Å². The van der Waals surface area contributed by atoms with Crippen molar-refractivity contribution in [2.24, 2.45) is 0 Å². The van der Waals surface area contributed by atoms with Gasteiger partial charge in [-0.1, -0.05) is 26.0 Å². The molecule has 0 saturated carbocycles. The van der Waals surface area contributed by atoms with Gasteiger partial charge in [-0.3, -0.25) is 4.79 Å². The number of hydrogen-bond acceptors (Lipinski definition) is 6. The highest BCUT2D eigenvalue weighted by Crippen LogP contribution is 2.34. The molecule has 0 spiro atoms. The molecule has 142 valence electrons. The minimum absolute atomic E-state index is 0.211. The number of fused-ring (bicyclic) bond motifs is 1. The van der Waals surface area contributed by atoms with Crippen molar-refractivity contribution in [3.05, 3.63) is 66.0 Å². The number of aromatic nitrogens is 2. The van der Waals surface area contributed by atoms with E-state index in [0.717, 1.165) is 11.4 Å². The monoisotopic (exact) mass is 376 g/mol. The highest BCUT2D eigenvalue weighted by molar-refractivity contribution is 6.03. The molecule has 2 N–H and O–H groups in total. The van der Waals surface area contributed by atoms with Crippen LogP contribution < -0.4 is 20.1 Å². The normalized spacial score (nSPS) is 12.1. The van der Waals surface area contributed by atoms with Crippen LogP contribution in [0.15, 0.2) is 54.7 Å². The Balaban J connectivity index is 1.46. The molecule has 2 heterocycles. The molecule has 4 rings (SSSR count). The predicted molar refractivity (Wildman–Crippen MR) is 106 cm³/mol. The fraction of sp³-hybridized carbons (Fsp3) is 0.190. The van der Waals surface area contributed by atoms with Crippen LogP contribution in [0, 0.1) is 0 Å². The molecular weight excluding hydrogens is 356 g/mol. The molecular formula is C21H20N4O3. The first-order chi connectivity index (χ1) is 13.6. The van der Waals surface area contributed by atoms with Gasteiger partial charge in [-0.05, 0) is 41.8 Å². The van der Waals surface area contributed by atoms with Crippen molar-refractivity contribution < 1.29 is 14.3 Å². The van der Waals surface area contributed by atoms with E-state index in [2.05, 4.69) is 34.4 Å². The first kappa shape index (κ1) is 17.8. The summed E-state index contributed by atoms with van der Waals surface area (Å²) in [5.74, 6) is 1.82. The summed E-state index contributed by atoms with van der Waals surface area (Å²) in [6.45, 7) is 4.47. The number of ether oxygens (including phenoxy) is 2. The molecule has 1 aliphatic rings. The van der Waals surface area contributed by atoms with E-state index in [0.29, 0.717) is 23.4 Å². The Morgan fingerprint density at radius 1 is 1.00 bits per heavy atom. The van der Waals surface area contributed by atoms with Gasteiger partial charge in [0, 0.05) is 23.6 Å². The molecule has 0 radical (unpaired) electrons. The molecule has 7 nitrogen and oxygen atoms in total. The lowest BCUT2D eigenvalue weighted by atomic mass is 10.0. The van der Waals surface area contributed by atoms with Gasteiger partial charge >= 0.3 is 0 Å². The first-order valence-corrected chi connectivity index (χ1v) is 8.99. The molecule has 1 aromatic heterocycles. The zero-order valence-electron chi connectivity index (χ0n) is 15.6. The molecule has 0 saturated heterocycles. The van der Waals surface area contributed by atoms with Crippen molar-refractivity contribution in [3.63, 3.8) is 0 Å². The molecule has 1 aliphatic heterocycles. The Morgan fingerprint density at radius 2 is 1.75 bits per heavy atom. The maximum absolute atomic E-state index is 12.5. The molecule has 0 fully saturated rings. The van der Waals surface area contributed by atoms with Crippen molar-refractivity contribution in [2.75, 3.05) is 17.4 Å². The van der Waals surface area contributed by atoms with Gasteiger partial charge in [-0.2, -0.15) is 0 Å². The summed E-state index contributed by atoms with van der Waals surface area (Å²) in [6.07, 6.45) is 1.54. The first-order valence-electron chi connectivity index (χ1n) is 8.99. The fourth-order valence-corrected chi connectivity index (χ4v) is 2.80. The van der Waals surface area contributed by atoms with E-state index in [1.165, 1.54) is 5.56 Å². The van der Waals surface area contributed by atoms with Crippen LogP contribution in [0.4, 0.5) is 17.3 Å². The minimum atomic E-state index is -0.298. The van der Waals surface area contributed by atoms with E-state index >= 15 is 0 Å². The third-order valence-electron chi connectivity index (χ3n) is 4.35. The van der Waals surface area contributed by atoms with Gasteiger partial charge in [-0.15, -0.1) is 0 Å². The minimum Gasteiger partial charge on any atom is -0.454 e. The van der Waals surface area contributed by atoms with Crippen molar-refractivity contribution in [1.82, 2.24) is 9.97 Å². The van der Waals surface area contributed by atoms with E-state index < -0.39 is 0 Å². The summed E-state index contributed by atoms with van der Waals surface area (Å²) < 4.78 is 10.7. The van der Waals surface area contributed by atoms with Crippen LogP contribution >= 0.6 is 0 Å². The molecule has 2 aromatic carbocycles. The Hall–Kier alpha value is -3.61. The summed E-state index contributed by atoms with van der Waals surface area (Å²) in [6, 6.07) is 14.8. The van der Waals surface area contributed by atoms with Crippen molar-refractivity contribution in [1.29, 1.82) is 0 Å². The number of amides is 1. The lowest BCUT2D eigenvalue weighted by Gasteiger charge is -2.09. The van der Waals surface area contributed by atoms with Gasteiger partial charge < -0.3 is 20.1 Å². The Labute approximate surface area is 162 Å². The summed E-state index contributed by atoms with van der Waals surface area (Å²) in [5.41, 5.74) is 2.95. The zero-order chi connectivity index (χ0) is 19.5. The smallest absolute Gasteiger partial charge is 0.274 e. The van der Waals surface area contributed by atoms with E-state index in [-0.39, 0.29) is 18.4 Å². The number of carbonyl (C=O) groups is 1. The van der Waals surface area contributed by atoms with Crippen LogP contribution in [0.5, 0.6) is 11.5 Å². The second kappa shape index (κ2) is 7.56. The van der Waals surface area contributed by atoms with Crippen molar-refractivity contribution >= 4 is 23.2 Å². The summed E-state index contributed by atoms with van der Waals surface area (Å²) >= 11 is 0. The molecule has 7 heteroatoms. The van der Waals surface area contributed by atoms with E-state index in [1.807, 2.05) is 36.4 Å². The van der Waals surface area contributed by atoms with Gasteiger partial charge in [0.05, 0.1) is 0 Å². The lowest BCUT2D eigenvalue weighted by Crippen LogP contribution is -2.14. The largest absolute Gasteiger partial charge is 0.454 e. The van der Waals surface area contributed by atoms with Gasteiger partial charge in [-0.25, -0.2) is 9.97 Å². The number of rotatable bonds is 5. The second-order valence-corrected chi connectivity index (χ2v) is 6.69. The van der Waals surface area contributed by atoms with Crippen molar-refractivity contribution in [3.8, 4) is 11.5 Å². The van der Waals surface area contributed by atoms with Gasteiger partial charge in [0.15, 0.2) is 11.5 Å². The van der Waals surface area contributed by atoms with E-state index in [1.54, 1.807) is 18.3 Å². The molecule has 28 heavy (non-hydrogen) atoms. The Morgan fingerprint density at radius 3 is 2.54 bits per heavy atom. The van der Waals surface area contributed by atoms with Gasteiger partial charge in [0.2, 0.25) is 12.7 Å². The molecule has 1 amide bonds. The number of benzene rings is 2. The molecule has 0 unspecified atom stereocenters. The summed E-state index contributed by atoms with van der Waals surface area (Å²) in [5, 5.41) is 5.93. The topological polar surface area (TPSA) is 85.4 Å². The summed E-state index contributed by atoms with van der Waals surface area (Å²) in [4.78, 5) is 21.0. The number of nitrogens with one attached hydrogen (secondary N) is 2. The Kier molecular flexibility index (Phi) is 4.80. The highest BCUT2D eigenvalue weighted by Gasteiger charge is 2.14. The van der Waals surface area contributed by atoms with E-state index in [9.17, 15) is 4.79 Å². The number of anilines is 3. The molecule has 0 atom stereocenters. The van der Waals surface area contributed by atoms with Crippen LogP contribution in [-0.4, -0.2) is 22.7 Å². The Bertz CT molecular complexity index is 1000. The maximum Gasteiger partial charge on any atom is 0.274 e. The SMILES string of the molecule is CC(C)c1ccc(NC(=O)c2ccnc(Nc3ccc4c(c3)OCO4)n2)cc1. The average molecular weight is 376 g/mol. The lowest BCUT2D eigenvalue weighted by molar-refractivity contribution is 0.102. The zero-order valence-corrected chi connectivity index (χ0v) is 15.6. The third-order valence-corrected chi connectivity index (χ3v) is 4.35. The van der Waals surface area contributed by atoms with Crippen LogP contribution in [0.1, 0.15) is 35.8 Å². The molecule has 0 aliphatic carbocycles. The van der Waals surface area contributed by atoms with Crippen LogP contribution in [0.25, 0.3) is 0 Å². The standard InChI is InChI=1S/C21H20N4O3/c1-13(2)14-3-5-15(6-4-14)23-20(26)17-9-10-22-21(25-17)24-16-7-8-18-19(11-16)28-12-27-18/h3-11,13H,12H2,1-2H3,(H,23,26)(H,22,24,25). The van der Waals surface area contributed by atoms with Crippen molar-refractivity contribution in [2.45, 2.75) is 19.8 Å². The fourth-order valence-electron chi connectivity index (χ4n) is 2.80. The maximum atomic E-state index is 12.5. The highest BCUT2D eigenvalue weighted by atomic mass is 16.7. The number of hydrogen-bond donors (Lipinski definition) is 2. The number of carbonyl (C=O) groups excluding carboxylic acids is 1. The average Bonchev–Trinajstić information content (AvgIpc) is 3.16. The second-order valence-electron chi connectivity index (χ2n) is 6.69. The molecule has 3 aromatic rings. The third kappa shape index (κ3) is 3.88. The number of nitrogens with zero attached hydrogens (tertiary/aromatic N) is 2. The predicted octanol–water partition coefficient (Wildman–Crippen LogP) is 4.32. The van der Waals surface area contributed by atoms with Gasteiger partial charge in [0.25, 0.3) is 5.91 Å². The van der Waals surface area contributed by atoms with Crippen LogP contribution in [-0.2, 0) is 0 Å². The quantitative estimate of drug-likeness (QED) is 0.690. The summed E-state index contributed by atoms with van der Waals surface area (Å²) in [7, 11) is 0. The van der Waals surface area contributed by atoms with Crippen LogP contribution in [0.3, 0.4) is 0 Å². The van der Waals surface area contributed by atoms with Gasteiger partial charge in [0.1, 0.15) is 5.69 Å².